The summed E-state index contributed by atoms with van der Waals surface area (Å²) in [5.74, 6) is 0.645. The van der Waals surface area contributed by atoms with Gasteiger partial charge in [-0.15, -0.1) is 0 Å². The van der Waals surface area contributed by atoms with Crippen LogP contribution >= 0.6 is 11.6 Å². The Morgan fingerprint density at radius 1 is 1.06 bits per heavy atom. The van der Waals surface area contributed by atoms with Crippen LogP contribution in [0.15, 0.2) is 53.1 Å². The number of nitrogens with one attached hydrogen (secondary N) is 2. The summed E-state index contributed by atoms with van der Waals surface area (Å²) < 4.78 is 5.49. The molecular formula is C25H26ClN5O4. The Balaban J connectivity index is 1.24. The number of hydrogen-bond acceptors (Lipinski definition) is 6. The lowest BCUT2D eigenvalue weighted by Gasteiger charge is -2.30. The number of anilines is 1. The van der Waals surface area contributed by atoms with E-state index in [0.29, 0.717) is 48.4 Å². The third kappa shape index (κ3) is 6.66. The van der Waals surface area contributed by atoms with Crippen LogP contribution in [-0.2, 0) is 20.8 Å². The minimum atomic E-state index is -0.209. The number of halogens is 1. The number of piperidine rings is 1. The molecule has 0 radical (unpaired) electrons. The van der Waals surface area contributed by atoms with Crippen LogP contribution in [0.4, 0.5) is 5.69 Å². The SMILES string of the molecule is CC(=O)Nc1ccc(-c2noc(C3CCN(C(=O)CNC(=O)Cc4ccc(Cl)cc4)CC3)n2)cc1. The van der Waals surface area contributed by atoms with E-state index in [0.717, 1.165) is 11.1 Å². The van der Waals surface area contributed by atoms with E-state index in [1.54, 1.807) is 41.3 Å². The quantitative estimate of drug-likeness (QED) is 0.518. The maximum Gasteiger partial charge on any atom is 0.241 e. The molecule has 0 unspecified atom stereocenters. The van der Waals surface area contributed by atoms with Crippen LogP contribution in [0.2, 0.25) is 5.02 Å². The second kappa shape index (κ2) is 11.1. The van der Waals surface area contributed by atoms with Crippen molar-refractivity contribution in [1.29, 1.82) is 0 Å². The molecule has 1 fully saturated rings. The lowest BCUT2D eigenvalue weighted by atomic mass is 9.96. The molecular weight excluding hydrogens is 470 g/mol. The standard InChI is InChI=1S/C25H26ClN5O4/c1-16(32)28-21-8-4-18(5-9-21)24-29-25(35-30-24)19-10-12-31(13-11-19)23(34)15-27-22(33)14-17-2-6-20(26)7-3-17/h2-9,19H,10-15H2,1H3,(H,27,33)(H,28,32). The average molecular weight is 496 g/mol. The van der Waals surface area contributed by atoms with Crippen molar-refractivity contribution in [2.45, 2.75) is 32.1 Å². The molecule has 3 amide bonds. The largest absolute Gasteiger partial charge is 0.347 e. The molecule has 2 heterocycles. The molecule has 2 N–H and O–H groups in total. The van der Waals surface area contributed by atoms with Gasteiger partial charge in [0.15, 0.2) is 0 Å². The van der Waals surface area contributed by atoms with Crippen LogP contribution in [0.3, 0.4) is 0 Å². The molecule has 2 aromatic carbocycles. The monoisotopic (exact) mass is 495 g/mol. The first kappa shape index (κ1) is 24.4. The van der Waals surface area contributed by atoms with Crippen LogP contribution in [-0.4, -0.2) is 52.4 Å². The first-order valence-electron chi connectivity index (χ1n) is 11.4. The molecule has 1 saturated heterocycles. The normalized spacial score (nSPS) is 13.9. The predicted octanol–water partition coefficient (Wildman–Crippen LogP) is 3.41. The highest BCUT2D eigenvalue weighted by Gasteiger charge is 2.27. The average Bonchev–Trinajstić information content (AvgIpc) is 3.34. The van der Waals surface area contributed by atoms with E-state index in [1.807, 2.05) is 12.1 Å². The topological polar surface area (TPSA) is 117 Å². The van der Waals surface area contributed by atoms with E-state index in [9.17, 15) is 14.4 Å². The number of carbonyl (C=O) groups excluding carboxylic acids is 3. The molecule has 0 bridgehead atoms. The van der Waals surface area contributed by atoms with Gasteiger partial charge < -0.3 is 20.1 Å². The van der Waals surface area contributed by atoms with Crippen molar-refractivity contribution in [3.05, 3.63) is 65.0 Å². The Labute approximate surface area is 207 Å². The first-order chi connectivity index (χ1) is 16.9. The van der Waals surface area contributed by atoms with Crippen molar-refractivity contribution in [3.8, 4) is 11.4 Å². The first-order valence-corrected chi connectivity index (χ1v) is 11.8. The van der Waals surface area contributed by atoms with Gasteiger partial charge in [-0.1, -0.05) is 28.9 Å². The lowest BCUT2D eigenvalue weighted by Crippen LogP contribution is -2.44. The van der Waals surface area contributed by atoms with Gasteiger partial charge in [-0.2, -0.15) is 4.98 Å². The fourth-order valence-corrected chi connectivity index (χ4v) is 4.06. The van der Waals surface area contributed by atoms with Crippen molar-refractivity contribution in [3.63, 3.8) is 0 Å². The van der Waals surface area contributed by atoms with Crippen LogP contribution in [0.5, 0.6) is 0 Å². The third-order valence-electron chi connectivity index (χ3n) is 5.82. The molecule has 35 heavy (non-hydrogen) atoms. The van der Waals surface area contributed by atoms with Gasteiger partial charge in [0.2, 0.25) is 29.4 Å². The zero-order chi connectivity index (χ0) is 24.8. The maximum atomic E-state index is 12.5. The van der Waals surface area contributed by atoms with Crippen molar-refractivity contribution < 1.29 is 18.9 Å². The van der Waals surface area contributed by atoms with Crippen LogP contribution in [0, 0.1) is 0 Å². The Morgan fingerprint density at radius 2 is 1.74 bits per heavy atom. The molecule has 10 heteroatoms. The number of aromatic nitrogens is 2. The Hall–Kier alpha value is -3.72. The summed E-state index contributed by atoms with van der Waals surface area (Å²) in [6.45, 7) is 2.53. The molecule has 1 aliphatic heterocycles. The molecule has 0 saturated carbocycles. The molecule has 182 valence electrons. The zero-order valence-corrected chi connectivity index (χ0v) is 20.0. The summed E-state index contributed by atoms with van der Waals surface area (Å²) in [4.78, 5) is 42.1. The number of nitrogens with zero attached hydrogens (tertiary/aromatic N) is 3. The van der Waals surface area contributed by atoms with Gasteiger partial charge in [0.1, 0.15) is 0 Å². The van der Waals surface area contributed by atoms with E-state index >= 15 is 0 Å². The van der Waals surface area contributed by atoms with Gasteiger partial charge in [0.25, 0.3) is 0 Å². The molecule has 4 rings (SSSR count). The van der Waals surface area contributed by atoms with Crippen molar-refractivity contribution >= 4 is 35.0 Å². The fraction of sp³-hybridized carbons (Fsp3) is 0.320. The second-order valence-electron chi connectivity index (χ2n) is 8.45. The van der Waals surface area contributed by atoms with Crippen molar-refractivity contribution in [2.24, 2.45) is 0 Å². The van der Waals surface area contributed by atoms with Gasteiger partial charge in [0, 0.05) is 42.2 Å². The summed E-state index contributed by atoms with van der Waals surface area (Å²) in [5, 5.41) is 10.1. The van der Waals surface area contributed by atoms with Crippen LogP contribution in [0.25, 0.3) is 11.4 Å². The highest BCUT2D eigenvalue weighted by molar-refractivity contribution is 6.30. The van der Waals surface area contributed by atoms with E-state index in [1.165, 1.54) is 6.92 Å². The third-order valence-corrected chi connectivity index (χ3v) is 6.07. The zero-order valence-electron chi connectivity index (χ0n) is 19.3. The number of benzene rings is 2. The second-order valence-corrected chi connectivity index (χ2v) is 8.89. The Bertz CT molecular complexity index is 1190. The smallest absolute Gasteiger partial charge is 0.241 e. The molecule has 0 aliphatic carbocycles. The number of rotatable bonds is 7. The molecule has 1 aromatic heterocycles. The predicted molar refractivity (Wildman–Crippen MR) is 131 cm³/mol. The molecule has 9 nitrogen and oxygen atoms in total. The van der Waals surface area contributed by atoms with Crippen LogP contribution < -0.4 is 10.6 Å². The number of carbonyl (C=O) groups is 3. The summed E-state index contributed by atoms with van der Waals surface area (Å²) in [7, 11) is 0. The van der Waals surface area contributed by atoms with Crippen LogP contribution in [0.1, 0.15) is 37.1 Å². The van der Waals surface area contributed by atoms with Gasteiger partial charge in [-0.05, 0) is 54.8 Å². The van der Waals surface area contributed by atoms with E-state index in [-0.39, 0.29) is 36.6 Å². The highest BCUT2D eigenvalue weighted by Crippen LogP contribution is 2.29. The summed E-state index contributed by atoms with van der Waals surface area (Å²) in [6, 6.07) is 14.3. The molecule has 3 aromatic rings. The van der Waals surface area contributed by atoms with Crippen molar-refractivity contribution in [1.82, 2.24) is 20.4 Å². The summed E-state index contributed by atoms with van der Waals surface area (Å²) >= 11 is 5.86. The van der Waals surface area contributed by atoms with E-state index in [4.69, 9.17) is 16.1 Å². The Morgan fingerprint density at radius 3 is 2.40 bits per heavy atom. The fourth-order valence-electron chi connectivity index (χ4n) is 3.94. The molecule has 0 atom stereocenters. The van der Waals surface area contributed by atoms with Gasteiger partial charge in [-0.25, -0.2) is 0 Å². The molecule has 0 spiro atoms. The summed E-state index contributed by atoms with van der Waals surface area (Å²) in [5.41, 5.74) is 2.32. The van der Waals surface area contributed by atoms with Crippen molar-refractivity contribution in [2.75, 3.05) is 25.0 Å². The number of likely N-dealkylation sites (tertiary alicyclic amines) is 1. The Kier molecular flexibility index (Phi) is 7.77. The van der Waals surface area contributed by atoms with Gasteiger partial charge >= 0.3 is 0 Å². The summed E-state index contributed by atoms with van der Waals surface area (Å²) in [6.07, 6.45) is 1.60. The van der Waals surface area contributed by atoms with Gasteiger partial charge in [0.05, 0.1) is 13.0 Å². The lowest BCUT2D eigenvalue weighted by molar-refractivity contribution is -0.133. The van der Waals surface area contributed by atoms with E-state index in [2.05, 4.69) is 20.8 Å². The molecule has 1 aliphatic rings. The minimum Gasteiger partial charge on any atom is -0.347 e. The maximum absolute atomic E-state index is 12.5. The highest BCUT2D eigenvalue weighted by atomic mass is 35.5. The van der Waals surface area contributed by atoms with E-state index < -0.39 is 0 Å². The minimum absolute atomic E-state index is 0.0315. The number of amides is 3. The number of hydrogen-bond donors (Lipinski definition) is 2. The van der Waals surface area contributed by atoms with Gasteiger partial charge in [-0.3, -0.25) is 14.4 Å².